The van der Waals surface area contributed by atoms with Gasteiger partial charge < -0.3 is 23.5 Å². The van der Waals surface area contributed by atoms with Gasteiger partial charge in [0.05, 0.1) is 43.9 Å². The molecular formula is C30H36N2O6. The normalized spacial score (nSPS) is 17.7. The van der Waals surface area contributed by atoms with Crippen LogP contribution < -0.4 is 14.9 Å². The summed E-state index contributed by atoms with van der Waals surface area (Å²) in [5, 5.41) is 0.495. The fourth-order valence-electron chi connectivity index (χ4n) is 5.33. The van der Waals surface area contributed by atoms with Crippen LogP contribution in [0, 0.1) is 13.8 Å². The van der Waals surface area contributed by atoms with Gasteiger partial charge in [-0.15, -0.1) is 0 Å². The molecule has 0 aliphatic carbocycles. The van der Waals surface area contributed by atoms with Gasteiger partial charge in [-0.2, -0.15) is 0 Å². The molecular weight excluding hydrogens is 484 g/mol. The molecule has 2 aromatic carbocycles. The topological polar surface area (TPSA) is 81.5 Å². The highest BCUT2D eigenvalue weighted by atomic mass is 16.5. The Hall–Kier alpha value is -3.36. The van der Waals surface area contributed by atoms with Gasteiger partial charge in [0.25, 0.3) is 5.91 Å². The highest BCUT2D eigenvalue weighted by Gasteiger charge is 2.42. The van der Waals surface area contributed by atoms with Gasteiger partial charge in [0.1, 0.15) is 5.58 Å². The third-order valence-electron chi connectivity index (χ3n) is 7.52. The lowest BCUT2D eigenvalue weighted by Crippen LogP contribution is -2.38. The average Bonchev–Trinajstić information content (AvgIpc) is 3.20. The molecule has 1 aromatic heterocycles. The predicted octanol–water partition coefficient (Wildman–Crippen LogP) is 4.47. The zero-order valence-corrected chi connectivity index (χ0v) is 22.7. The summed E-state index contributed by atoms with van der Waals surface area (Å²) in [7, 11) is 1.60. The van der Waals surface area contributed by atoms with Crippen LogP contribution >= 0.6 is 0 Å². The minimum Gasteiger partial charge on any atom is -0.493 e. The summed E-state index contributed by atoms with van der Waals surface area (Å²) in [6, 6.07) is 8.78. The Balaban J connectivity index is 1.56. The van der Waals surface area contributed by atoms with Gasteiger partial charge in [-0.05, 0) is 67.6 Å². The van der Waals surface area contributed by atoms with Crippen molar-refractivity contribution in [3.05, 3.63) is 68.6 Å². The van der Waals surface area contributed by atoms with Gasteiger partial charge in [-0.3, -0.25) is 14.5 Å². The second-order valence-electron chi connectivity index (χ2n) is 10.1. The van der Waals surface area contributed by atoms with Crippen molar-refractivity contribution in [3.8, 4) is 11.5 Å². The number of aryl methyl sites for hydroxylation is 2. The number of methoxy groups -OCH3 is 1. The SMILES string of the molecule is CCCOc1ccc(C2c3c(oc4cc(C)c(C)cc4c3=O)C(=O)N2CCCN2CCOCC2)cc1OC. The monoisotopic (exact) mass is 520 g/mol. The van der Waals surface area contributed by atoms with Gasteiger partial charge in [-0.1, -0.05) is 13.0 Å². The fraction of sp³-hybridized carbons (Fsp3) is 0.467. The molecule has 1 saturated heterocycles. The Labute approximate surface area is 223 Å². The van der Waals surface area contributed by atoms with Crippen LogP contribution in [0.25, 0.3) is 11.0 Å². The highest BCUT2D eigenvalue weighted by Crippen LogP contribution is 2.41. The summed E-state index contributed by atoms with van der Waals surface area (Å²) in [4.78, 5) is 31.8. The second-order valence-corrected chi connectivity index (χ2v) is 10.1. The maximum Gasteiger partial charge on any atom is 0.290 e. The zero-order chi connectivity index (χ0) is 26.8. The summed E-state index contributed by atoms with van der Waals surface area (Å²) in [5.74, 6) is 1.09. The first-order chi connectivity index (χ1) is 18.4. The number of carbonyl (C=O) groups excluding carboxylic acids is 1. The van der Waals surface area contributed by atoms with Gasteiger partial charge >= 0.3 is 0 Å². The van der Waals surface area contributed by atoms with E-state index in [1.807, 2.05) is 51.1 Å². The fourth-order valence-corrected chi connectivity index (χ4v) is 5.33. The summed E-state index contributed by atoms with van der Waals surface area (Å²) in [5.41, 5.74) is 3.48. The maximum absolute atomic E-state index is 13.9. The molecule has 0 spiro atoms. The molecule has 8 nitrogen and oxygen atoms in total. The van der Waals surface area contributed by atoms with E-state index in [-0.39, 0.29) is 17.1 Å². The number of carbonyl (C=O) groups is 1. The van der Waals surface area contributed by atoms with Crippen molar-refractivity contribution >= 4 is 16.9 Å². The lowest BCUT2D eigenvalue weighted by molar-refractivity contribution is 0.0353. The second kappa shape index (κ2) is 11.2. The summed E-state index contributed by atoms with van der Waals surface area (Å²) in [6.07, 6.45) is 1.65. The van der Waals surface area contributed by atoms with E-state index in [2.05, 4.69) is 4.90 Å². The number of benzene rings is 2. The van der Waals surface area contributed by atoms with Crippen molar-refractivity contribution in [1.82, 2.24) is 9.80 Å². The summed E-state index contributed by atoms with van der Waals surface area (Å²) >= 11 is 0. The van der Waals surface area contributed by atoms with E-state index < -0.39 is 6.04 Å². The quantitative estimate of drug-likeness (QED) is 0.412. The van der Waals surface area contributed by atoms with Crippen LogP contribution in [0.2, 0.25) is 0 Å². The lowest BCUT2D eigenvalue weighted by Gasteiger charge is -2.29. The molecule has 1 amide bonds. The van der Waals surface area contributed by atoms with Crippen LogP contribution in [0.1, 0.15) is 58.6 Å². The largest absolute Gasteiger partial charge is 0.493 e. The standard InChI is InChI=1S/C30H36N2O6/c1-5-13-37-23-8-7-21(18-25(23)35-4)27-26-28(33)22-16-19(2)20(3)17-24(22)38-29(26)30(34)32(27)10-6-9-31-11-14-36-15-12-31/h7-8,16-18,27H,5-6,9-15H2,1-4H3. The molecule has 0 bridgehead atoms. The number of hydrogen-bond acceptors (Lipinski definition) is 7. The lowest BCUT2D eigenvalue weighted by atomic mass is 9.97. The maximum atomic E-state index is 13.9. The number of rotatable bonds is 9. The van der Waals surface area contributed by atoms with Crippen molar-refractivity contribution in [2.45, 2.75) is 39.7 Å². The molecule has 5 rings (SSSR count). The molecule has 2 aliphatic heterocycles. The van der Waals surface area contributed by atoms with Crippen molar-refractivity contribution in [2.75, 3.05) is 53.1 Å². The molecule has 202 valence electrons. The summed E-state index contributed by atoms with van der Waals surface area (Å²) in [6.45, 7) is 11.1. The van der Waals surface area contributed by atoms with Crippen LogP contribution in [0.4, 0.5) is 0 Å². The zero-order valence-electron chi connectivity index (χ0n) is 22.7. The third-order valence-corrected chi connectivity index (χ3v) is 7.52. The Bertz CT molecular complexity index is 1390. The molecule has 38 heavy (non-hydrogen) atoms. The van der Waals surface area contributed by atoms with Gasteiger partial charge in [0.2, 0.25) is 5.76 Å². The number of hydrogen-bond donors (Lipinski definition) is 0. The first kappa shape index (κ1) is 26.3. The molecule has 8 heteroatoms. The molecule has 0 radical (unpaired) electrons. The van der Waals surface area contributed by atoms with E-state index >= 15 is 0 Å². The number of nitrogens with zero attached hydrogens (tertiary/aromatic N) is 2. The van der Waals surface area contributed by atoms with Gasteiger partial charge in [0.15, 0.2) is 16.9 Å². The third kappa shape index (κ3) is 4.90. The Kier molecular flexibility index (Phi) is 7.72. The van der Waals surface area contributed by atoms with Crippen molar-refractivity contribution in [2.24, 2.45) is 0 Å². The average molecular weight is 521 g/mol. The van der Waals surface area contributed by atoms with Crippen LogP contribution in [0.5, 0.6) is 11.5 Å². The van der Waals surface area contributed by atoms with E-state index in [9.17, 15) is 9.59 Å². The Morgan fingerprint density at radius 2 is 1.76 bits per heavy atom. The Morgan fingerprint density at radius 3 is 2.50 bits per heavy atom. The van der Waals surface area contributed by atoms with E-state index in [0.717, 1.165) is 62.4 Å². The van der Waals surface area contributed by atoms with Crippen LogP contribution in [-0.4, -0.2) is 68.8 Å². The van der Waals surface area contributed by atoms with Crippen LogP contribution in [0.15, 0.2) is 39.5 Å². The van der Waals surface area contributed by atoms with E-state index in [0.29, 0.717) is 41.2 Å². The highest BCUT2D eigenvalue weighted by molar-refractivity contribution is 5.99. The smallest absolute Gasteiger partial charge is 0.290 e. The predicted molar refractivity (Wildman–Crippen MR) is 145 cm³/mol. The van der Waals surface area contributed by atoms with Crippen molar-refractivity contribution in [1.29, 1.82) is 0 Å². The van der Waals surface area contributed by atoms with Gasteiger partial charge in [0, 0.05) is 26.2 Å². The minimum absolute atomic E-state index is 0.132. The Morgan fingerprint density at radius 1 is 1.00 bits per heavy atom. The molecule has 3 heterocycles. The number of ether oxygens (including phenoxy) is 3. The number of morpholine rings is 1. The van der Waals surface area contributed by atoms with E-state index in [1.165, 1.54) is 0 Å². The van der Waals surface area contributed by atoms with Crippen LogP contribution in [0.3, 0.4) is 0 Å². The minimum atomic E-state index is -0.571. The van der Waals surface area contributed by atoms with Crippen LogP contribution in [-0.2, 0) is 4.74 Å². The molecule has 0 saturated carbocycles. The molecule has 2 aliphatic rings. The van der Waals surface area contributed by atoms with E-state index in [4.69, 9.17) is 18.6 Å². The molecule has 3 aromatic rings. The van der Waals surface area contributed by atoms with Crippen molar-refractivity contribution < 1.29 is 23.4 Å². The molecule has 0 N–H and O–H groups in total. The first-order valence-electron chi connectivity index (χ1n) is 13.4. The first-order valence-corrected chi connectivity index (χ1v) is 13.4. The molecule has 1 fully saturated rings. The van der Waals surface area contributed by atoms with E-state index in [1.54, 1.807) is 12.0 Å². The molecule has 1 atom stereocenters. The van der Waals surface area contributed by atoms with Crippen molar-refractivity contribution in [3.63, 3.8) is 0 Å². The molecule has 1 unspecified atom stereocenters. The summed E-state index contributed by atoms with van der Waals surface area (Å²) < 4.78 is 23.1. The van der Waals surface area contributed by atoms with Gasteiger partial charge in [-0.25, -0.2) is 0 Å². The number of amides is 1. The number of fused-ring (bicyclic) bond motifs is 2.